The van der Waals surface area contributed by atoms with Crippen LogP contribution in [0.4, 0.5) is 0 Å². The molecule has 0 aliphatic rings. The number of aryl methyl sites for hydroxylation is 1. The molecule has 3 nitrogen and oxygen atoms in total. The van der Waals surface area contributed by atoms with Gasteiger partial charge in [-0.15, -0.1) is 11.3 Å². The Hall–Kier alpha value is -0.650. The average Bonchev–Trinajstić information content (AvgIpc) is 2.71. The second-order valence-electron chi connectivity index (χ2n) is 2.93. The summed E-state index contributed by atoms with van der Waals surface area (Å²) in [6, 6.07) is 3.41. The quantitative estimate of drug-likeness (QED) is 0.799. The zero-order chi connectivity index (χ0) is 11.0. The van der Waals surface area contributed by atoms with Gasteiger partial charge in [0.15, 0.2) is 0 Å². The molecule has 0 amide bonds. The molecular weight excluding hydrogens is 300 g/mol. The molecule has 0 atom stereocenters. The van der Waals surface area contributed by atoms with Crippen LogP contribution in [0.25, 0.3) is 0 Å². The minimum atomic E-state index is -0.112. The lowest BCUT2D eigenvalue weighted by Gasteiger charge is -1.92. The summed E-state index contributed by atoms with van der Waals surface area (Å²) in [4.78, 5) is 12.5. The number of halogens is 2. The van der Waals surface area contributed by atoms with Gasteiger partial charge in [0.2, 0.25) is 5.78 Å². The first-order valence-corrected chi connectivity index (χ1v) is 6.06. The second kappa shape index (κ2) is 4.08. The average molecular weight is 306 g/mol. The number of aromatic nitrogens is 2. The number of thiophene rings is 1. The number of rotatable bonds is 2. The van der Waals surface area contributed by atoms with Gasteiger partial charge in [0.05, 0.1) is 13.7 Å². The maximum Gasteiger partial charge on any atom is 0.224 e. The first-order valence-electron chi connectivity index (χ1n) is 4.07. The van der Waals surface area contributed by atoms with E-state index in [1.807, 2.05) is 0 Å². The van der Waals surface area contributed by atoms with Crippen LogP contribution in [-0.4, -0.2) is 15.6 Å². The third kappa shape index (κ3) is 2.14. The van der Waals surface area contributed by atoms with Gasteiger partial charge in [-0.2, -0.15) is 5.10 Å². The lowest BCUT2D eigenvalue weighted by molar-refractivity contribution is 0.103. The van der Waals surface area contributed by atoms with Gasteiger partial charge in [0.25, 0.3) is 0 Å². The molecule has 2 aromatic heterocycles. The summed E-state index contributed by atoms with van der Waals surface area (Å²) in [6.07, 6.45) is 1.74. The van der Waals surface area contributed by atoms with E-state index in [9.17, 15) is 4.79 Å². The van der Waals surface area contributed by atoms with Crippen molar-refractivity contribution in [2.45, 2.75) is 0 Å². The number of hydrogen-bond donors (Lipinski definition) is 0. The van der Waals surface area contributed by atoms with Crippen LogP contribution in [0.15, 0.2) is 22.8 Å². The minimum Gasteiger partial charge on any atom is -0.286 e. The third-order valence-electron chi connectivity index (χ3n) is 1.80. The summed E-state index contributed by atoms with van der Waals surface area (Å²) in [5, 5.41) is 4.08. The molecule has 2 heterocycles. The highest BCUT2D eigenvalue weighted by atomic mass is 79.9. The molecule has 78 valence electrons. The second-order valence-corrected chi connectivity index (χ2v) is 5.50. The number of nitrogens with zero attached hydrogens (tertiary/aromatic N) is 2. The highest BCUT2D eigenvalue weighted by Crippen LogP contribution is 2.25. The molecule has 15 heavy (non-hydrogen) atoms. The fourth-order valence-electron chi connectivity index (χ4n) is 1.17. The van der Waals surface area contributed by atoms with Crippen molar-refractivity contribution in [2.24, 2.45) is 7.05 Å². The van der Waals surface area contributed by atoms with Gasteiger partial charge >= 0.3 is 0 Å². The zero-order valence-electron chi connectivity index (χ0n) is 7.70. The summed E-state index contributed by atoms with van der Waals surface area (Å²) in [6.45, 7) is 0. The van der Waals surface area contributed by atoms with E-state index in [1.165, 1.54) is 11.3 Å². The van der Waals surface area contributed by atoms with Crippen LogP contribution in [0, 0.1) is 0 Å². The van der Waals surface area contributed by atoms with Crippen molar-refractivity contribution in [2.75, 3.05) is 0 Å². The van der Waals surface area contributed by atoms with Crippen molar-refractivity contribution in [3.05, 3.63) is 37.7 Å². The van der Waals surface area contributed by atoms with Crippen LogP contribution in [0.2, 0.25) is 4.34 Å². The Labute approximate surface area is 104 Å². The molecule has 6 heteroatoms. The highest BCUT2D eigenvalue weighted by Gasteiger charge is 2.17. The van der Waals surface area contributed by atoms with E-state index >= 15 is 0 Å². The van der Waals surface area contributed by atoms with Gasteiger partial charge in [-0.1, -0.05) is 11.6 Å². The van der Waals surface area contributed by atoms with Gasteiger partial charge in [0, 0.05) is 13.2 Å². The number of carbonyl (C=O) groups is 1. The number of ketones is 1. The molecule has 0 saturated heterocycles. The molecule has 0 N–H and O–H groups in total. The Morgan fingerprint density at radius 3 is 2.80 bits per heavy atom. The lowest BCUT2D eigenvalue weighted by atomic mass is 10.2. The molecule has 0 saturated carbocycles. The maximum absolute atomic E-state index is 11.9. The molecule has 0 aromatic carbocycles. The molecule has 2 aromatic rings. The van der Waals surface area contributed by atoms with Crippen molar-refractivity contribution in [1.82, 2.24) is 9.78 Å². The SMILES string of the molecule is Cn1cc(Br)c(C(=O)c2ccc(Cl)s2)n1. The van der Waals surface area contributed by atoms with Crippen LogP contribution in [0.1, 0.15) is 15.4 Å². The summed E-state index contributed by atoms with van der Waals surface area (Å²) in [7, 11) is 1.77. The van der Waals surface area contributed by atoms with Crippen LogP contribution >= 0.6 is 38.9 Å². The van der Waals surface area contributed by atoms with Gasteiger partial charge in [-0.3, -0.25) is 9.48 Å². The maximum atomic E-state index is 11.9. The first kappa shape index (κ1) is 10.9. The number of hydrogen-bond acceptors (Lipinski definition) is 3. The van der Waals surface area contributed by atoms with E-state index < -0.39 is 0 Å². The Balaban J connectivity index is 2.40. The van der Waals surface area contributed by atoms with Crippen molar-refractivity contribution in [3.8, 4) is 0 Å². The molecule has 0 aliphatic heterocycles. The van der Waals surface area contributed by atoms with Gasteiger partial charge < -0.3 is 0 Å². The van der Waals surface area contributed by atoms with Gasteiger partial charge in [0.1, 0.15) is 5.69 Å². The highest BCUT2D eigenvalue weighted by molar-refractivity contribution is 9.10. The first-order chi connectivity index (χ1) is 7.08. The Morgan fingerprint density at radius 2 is 2.33 bits per heavy atom. The fraction of sp³-hybridized carbons (Fsp3) is 0.111. The molecule has 0 bridgehead atoms. The molecule has 0 aliphatic carbocycles. The molecule has 0 fully saturated rings. The molecular formula is C9H6BrClN2OS. The predicted molar refractivity (Wildman–Crippen MR) is 63.7 cm³/mol. The summed E-state index contributed by atoms with van der Waals surface area (Å²) in [5.41, 5.74) is 0.413. The smallest absolute Gasteiger partial charge is 0.224 e. The normalized spacial score (nSPS) is 10.6. The fourth-order valence-corrected chi connectivity index (χ4v) is 2.71. The van der Waals surface area contributed by atoms with Gasteiger partial charge in [-0.05, 0) is 28.1 Å². The molecule has 0 unspecified atom stereocenters. The minimum absolute atomic E-state index is 0.112. The van der Waals surface area contributed by atoms with Crippen LogP contribution in [0.3, 0.4) is 0 Å². The van der Waals surface area contributed by atoms with Crippen molar-refractivity contribution < 1.29 is 4.79 Å². The van der Waals surface area contributed by atoms with Crippen LogP contribution in [-0.2, 0) is 7.05 Å². The topological polar surface area (TPSA) is 34.9 Å². The Bertz CT molecular complexity index is 520. The van der Waals surface area contributed by atoms with Gasteiger partial charge in [-0.25, -0.2) is 0 Å². The van der Waals surface area contributed by atoms with Crippen molar-refractivity contribution in [3.63, 3.8) is 0 Å². The predicted octanol–water partition coefficient (Wildman–Crippen LogP) is 3.13. The Morgan fingerprint density at radius 1 is 1.60 bits per heavy atom. The van der Waals surface area contributed by atoms with Crippen LogP contribution in [0.5, 0.6) is 0 Å². The van der Waals surface area contributed by atoms with Crippen molar-refractivity contribution in [1.29, 1.82) is 0 Å². The number of carbonyl (C=O) groups excluding carboxylic acids is 1. The van der Waals surface area contributed by atoms with E-state index in [1.54, 1.807) is 30.1 Å². The Kier molecular flexibility index (Phi) is 2.95. The summed E-state index contributed by atoms with van der Waals surface area (Å²) < 4.78 is 2.89. The zero-order valence-corrected chi connectivity index (χ0v) is 10.9. The third-order valence-corrected chi connectivity index (χ3v) is 3.61. The van der Waals surface area contributed by atoms with E-state index in [4.69, 9.17) is 11.6 Å². The largest absolute Gasteiger partial charge is 0.286 e. The van der Waals surface area contributed by atoms with E-state index in [-0.39, 0.29) is 5.78 Å². The van der Waals surface area contributed by atoms with E-state index in [0.29, 0.717) is 19.4 Å². The molecule has 0 spiro atoms. The standard InChI is InChI=1S/C9H6BrClN2OS/c1-13-4-5(10)8(12-13)9(14)6-2-3-7(11)15-6/h2-4H,1H3. The summed E-state index contributed by atoms with van der Waals surface area (Å²) >= 11 is 10.3. The van der Waals surface area contributed by atoms with Crippen LogP contribution < -0.4 is 0 Å². The van der Waals surface area contributed by atoms with E-state index in [2.05, 4.69) is 21.0 Å². The van der Waals surface area contributed by atoms with Crippen molar-refractivity contribution >= 4 is 44.7 Å². The van der Waals surface area contributed by atoms with E-state index in [0.717, 1.165) is 0 Å². The molecule has 0 radical (unpaired) electrons. The summed E-state index contributed by atoms with van der Waals surface area (Å²) in [5.74, 6) is -0.112. The lowest BCUT2D eigenvalue weighted by Crippen LogP contribution is -2.01. The molecule has 2 rings (SSSR count). The monoisotopic (exact) mass is 304 g/mol.